The van der Waals surface area contributed by atoms with Crippen LogP contribution in [0.25, 0.3) is 0 Å². The number of hydrogen-bond donors (Lipinski definition) is 1. The Morgan fingerprint density at radius 3 is 2.83 bits per heavy atom. The third kappa shape index (κ3) is 3.79. The van der Waals surface area contributed by atoms with Crippen molar-refractivity contribution in [1.29, 1.82) is 0 Å². The maximum Gasteiger partial charge on any atom is 0.150 e. The molecule has 3 nitrogen and oxygen atoms in total. The Morgan fingerprint density at radius 2 is 2.00 bits per heavy atom. The van der Waals surface area contributed by atoms with E-state index in [1.807, 2.05) is 0 Å². The van der Waals surface area contributed by atoms with Gasteiger partial charge in [0.2, 0.25) is 0 Å². The number of nitrogens with one attached hydrogen (secondary N) is 1. The fraction of sp³-hybridized carbons (Fsp3) is 0.933. The van der Waals surface area contributed by atoms with Crippen molar-refractivity contribution in [3.63, 3.8) is 0 Å². The molecule has 0 radical (unpaired) electrons. The van der Waals surface area contributed by atoms with Gasteiger partial charge in [0.1, 0.15) is 5.78 Å². The fourth-order valence-corrected chi connectivity index (χ4v) is 3.52. The third-order valence-electron chi connectivity index (χ3n) is 4.66. The lowest BCUT2D eigenvalue weighted by Crippen LogP contribution is -2.38. The van der Waals surface area contributed by atoms with Gasteiger partial charge in [-0.25, -0.2) is 0 Å². The number of nitrogens with zero attached hydrogens (tertiary/aromatic N) is 1. The molecule has 0 amide bonds. The molecule has 1 saturated carbocycles. The molecular weight excluding hydrogens is 224 g/mol. The van der Waals surface area contributed by atoms with Gasteiger partial charge in [-0.3, -0.25) is 9.69 Å². The van der Waals surface area contributed by atoms with E-state index in [9.17, 15) is 4.79 Å². The van der Waals surface area contributed by atoms with Gasteiger partial charge in [0.25, 0.3) is 0 Å². The molecule has 2 aliphatic rings. The fourth-order valence-electron chi connectivity index (χ4n) is 3.52. The molecule has 2 atom stereocenters. The molecule has 1 aliphatic carbocycles. The van der Waals surface area contributed by atoms with E-state index in [0.29, 0.717) is 24.2 Å². The van der Waals surface area contributed by atoms with Gasteiger partial charge in [0.15, 0.2) is 0 Å². The molecule has 104 valence electrons. The predicted octanol–water partition coefficient (Wildman–Crippen LogP) is 2.07. The van der Waals surface area contributed by atoms with Gasteiger partial charge in [0, 0.05) is 19.0 Å². The topological polar surface area (TPSA) is 32.3 Å². The van der Waals surface area contributed by atoms with Crippen molar-refractivity contribution >= 4 is 5.78 Å². The highest BCUT2D eigenvalue weighted by Gasteiger charge is 2.30. The molecule has 0 aromatic heterocycles. The number of carbonyl (C=O) groups is 1. The van der Waals surface area contributed by atoms with E-state index in [4.69, 9.17) is 0 Å². The average Bonchev–Trinajstić information content (AvgIpc) is 2.67. The monoisotopic (exact) mass is 252 g/mol. The quantitative estimate of drug-likeness (QED) is 0.831. The molecule has 0 bridgehead atoms. The van der Waals surface area contributed by atoms with Crippen molar-refractivity contribution in [3.8, 4) is 0 Å². The number of rotatable bonds is 4. The summed E-state index contributed by atoms with van der Waals surface area (Å²) in [5.41, 5.74) is 0. The van der Waals surface area contributed by atoms with Crippen LogP contribution in [-0.2, 0) is 4.79 Å². The SMILES string of the molecule is CCC1CCCCC1C(=O)CN1CCCNCC1. The molecule has 0 aromatic carbocycles. The standard InChI is InChI=1S/C15H28N2O/c1-2-13-6-3-4-7-14(13)15(18)12-17-10-5-8-16-9-11-17/h13-14,16H,2-12H2,1H3. The van der Waals surface area contributed by atoms with Crippen LogP contribution in [0.1, 0.15) is 45.4 Å². The first-order chi connectivity index (χ1) is 8.81. The number of carbonyl (C=O) groups excluding carboxylic acids is 1. The van der Waals surface area contributed by atoms with Crippen LogP contribution in [0.4, 0.5) is 0 Å². The van der Waals surface area contributed by atoms with Gasteiger partial charge >= 0.3 is 0 Å². The van der Waals surface area contributed by atoms with Crippen LogP contribution < -0.4 is 5.32 Å². The van der Waals surface area contributed by atoms with Crippen molar-refractivity contribution in [2.24, 2.45) is 11.8 Å². The minimum Gasteiger partial charge on any atom is -0.315 e. The first kappa shape index (κ1) is 14.0. The van der Waals surface area contributed by atoms with Gasteiger partial charge in [0.05, 0.1) is 6.54 Å². The van der Waals surface area contributed by atoms with Crippen molar-refractivity contribution < 1.29 is 4.79 Å². The normalized spacial score (nSPS) is 30.9. The second kappa shape index (κ2) is 7.25. The minimum absolute atomic E-state index is 0.361. The van der Waals surface area contributed by atoms with Crippen molar-refractivity contribution in [3.05, 3.63) is 0 Å². The van der Waals surface area contributed by atoms with Crippen LogP contribution in [0.3, 0.4) is 0 Å². The highest BCUT2D eigenvalue weighted by molar-refractivity contribution is 5.83. The van der Waals surface area contributed by atoms with Crippen molar-refractivity contribution in [2.75, 3.05) is 32.7 Å². The van der Waals surface area contributed by atoms with Gasteiger partial charge in [-0.2, -0.15) is 0 Å². The molecule has 1 N–H and O–H groups in total. The van der Waals surface area contributed by atoms with Crippen molar-refractivity contribution in [1.82, 2.24) is 10.2 Å². The molecule has 0 aromatic rings. The highest BCUT2D eigenvalue weighted by Crippen LogP contribution is 2.32. The first-order valence-electron chi connectivity index (χ1n) is 7.77. The number of ketones is 1. The summed E-state index contributed by atoms with van der Waals surface area (Å²) in [5, 5.41) is 3.40. The van der Waals surface area contributed by atoms with Gasteiger partial charge < -0.3 is 5.32 Å². The predicted molar refractivity (Wildman–Crippen MR) is 74.7 cm³/mol. The van der Waals surface area contributed by atoms with E-state index in [0.717, 1.165) is 32.6 Å². The second-order valence-corrected chi connectivity index (χ2v) is 5.91. The molecule has 2 rings (SSSR count). The minimum atomic E-state index is 0.361. The summed E-state index contributed by atoms with van der Waals surface area (Å²) in [6.07, 6.45) is 7.36. The Hall–Kier alpha value is -0.410. The largest absolute Gasteiger partial charge is 0.315 e. The molecule has 18 heavy (non-hydrogen) atoms. The van der Waals surface area contributed by atoms with Gasteiger partial charge in [-0.05, 0) is 38.3 Å². The molecule has 2 unspecified atom stereocenters. The second-order valence-electron chi connectivity index (χ2n) is 5.91. The Morgan fingerprint density at radius 1 is 1.17 bits per heavy atom. The van der Waals surface area contributed by atoms with E-state index < -0.39 is 0 Å². The first-order valence-corrected chi connectivity index (χ1v) is 7.77. The Labute approximate surface area is 111 Å². The molecule has 0 spiro atoms. The summed E-state index contributed by atoms with van der Waals surface area (Å²) < 4.78 is 0. The van der Waals surface area contributed by atoms with Crippen LogP contribution in [-0.4, -0.2) is 43.4 Å². The average molecular weight is 252 g/mol. The Balaban J connectivity index is 1.85. The molecule has 3 heteroatoms. The number of hydrogen-bond acceptors (Lipinski definition) is 3. The lowest BCUT2D eigenvalue weighted by atomic mass is 9.75. The Bertz CT molecular complexity index is 259. The molecular formula is C15H28N2O. The van der Waals surface area contributed by atoms with Gasteiger partial charge in [-0.15, -0.1) is 0 Å². The molecule has 1 heterocycles. The van der Waals surface area contributed by atoms with Crippen molar-refractivity contribution in [2.45, 2.75) is 45.4 Å². The molecule has 1 saturated heterocycles. The summed E-state index contributed by atoms with van der Waals surface area (Å²) in [5.74, 6) is 1.54. The van der Waals surface area contributed by atoms with Gasteiger partial charge in [-0.1, -0.05) is 26.2 Å². The maximum atomic E-state index is 12.5. The van der Waals surface area contributed by atoms with Crippen LogP contribution in [0.15, 0.2) is 0 Å². The summed E-state index contributed by atoms with van der Waals surface area (Å²) in [6.45, 7) is 7.20. The zero-order chi connectivity index (χ0) is 12.8. The van der Waals surface area contributed by atoms with Crippen LogP contribution in [0.2, 0.25) is 0 Å². The maximum absolute atomic E-state index is 12.5. The zero-order valence-electron chi connectivity index (χ0n) is 11.8. The summed E-state index contributed by atoms with van der Waals surface area (Å²) >= 11 is 0. The third-order valence-corrected chi connectivity index (χ3v) is 4.66. The lowest BCUT2D eigenvalue weighted by molar-refractivity contribution is -0.126. The van der Waals surface area contributed by atoms with E-state index in [2.05, 4.69) is 17.1 Å². The van der Waals surface area contributed by atoms with E-state index >= 15 is 0 Å². The van der Waals surface area contributed by atoms with E-state index in [1.54, 1.807) is 0 Å². The zero-order valence-corrected chi connectivity index (χ0v) is 11.8. The van der Waals surface area contributed by atoms with Crippen LogP contribution >= 0.6 is 0 Å². The number of Topliss-reactive ketones (excluding diaryl/α,β-unsaturated/α-hetero) is 1. The Kier molecular flexibility index (Phi) is 5.64. The summed E-state index contributed by atoms with van der Waals surface area (Å²) in [4.78, 5) is 14.8. The molecule has 2 fully saturated rings. The van der Waals surface area contributed by atoms with E-state index in [1.165, 1.54) is 32.1 Å². The lowest BCUT2D eigenvalue weighted by Gasteiger charge is -2.31. The van der Waals surface area contributed by atoms with Crippen LogP contribution in [0.5, 0.6) is 0 Å². The smallest absolute Gasteiger partial charge is 0.150 e. The molecule has 1 aliphatic heterocycles. The highest BCUT2D eigenvalue weighted by atomic mass is 16.1. The summed E-state index contributed by atoms with van der Waals surface area (Å²) in [6, 6.07) is 0. The van der Waals surface area contributed by atoms with E-state index in [-0.39, 0.29) is 0 Å². The summed E-state index contributed by atoms with van der Waals surface area (Å²) in [7, 11) is 0. The van der Waals surface area contributed by atoms with Crippen LogP contribution in [0, 0.1) is 11.8 Å².